The highest BCUT2D eigenvalue weighted by atomic mass is 32.2. The predicted octanol–water partition coefficient (Wildman–Crippen LogP) is 0.907. The fraction of sp³-hybridized carbons (Fsp3) is 0.615. The Bertz CT molecular complexity index is 626. The first kappa shape index (κ1) is 15.0. The normalized spacial score (nSPS) is 26.5. The first-order chi connectivity index (χ1) is 10.0. The molecule has 2 aliphatic rings. The number of nitrogens with one attached hydrogen (secondary N) is 1. The lowest BCUT2D eigenvalue weighted by Crippen LogP contribution is -2.41. The van der Waals surface area contributed by atoms with E-state index in [4.69, 9.17) is 0 Å². The summed E-state index contributed by atoms with van der Waals surface area (Å²) in [7, 11) is -2.38. The van der Waals surface area contributed by atoms with E-state index >= 15 is 0 Å². The summed E-state index contributed by atoms with van der Waals surface area (Å²) in [5.41, 5.74) is 0. The van der Waals surface area contributed by atoms with Crippen molar-refractivity contribution in [3.05, 3.63) is 16.3 Å². The Kier molecular flexibility index (Phi) is 4.04. The molecule has 3 rings (SSSR count). The van der Waals surface area contributed by atoms with Crippen LogP contribution in [0.1, 0.15) is 22.5 Å². The molecule has 0 radical (unpaired) electrons. The molecular formula is C13H18N2O4S2. The summed E-state index contributed by atoms with van der Waals surface area (Å²) in [6.07, 6.45) is 2.14. The average Bonchev–Trinajstić information content (AvgIpc) is 3.13. The van der Waals surface area contributed by atoms with E-state index < -0.39 is 16.0 Å². The Balaban J connectivity index is 1.88. The number of rotatable bonds is 3. The summed E-state index contributed by atoms with van der Waals surface area (Å²) in [5.74, 6) is -0.230. The van der Waals surface area contributed by atoms with Crippen LogP contribution in [0.2, 0.25) is 0 Å². The van der Waals surface area contributed by atoms with Crippen molar-refractivity contribution in [3.8, 4) is 0 Å². The third-order valence-corrected chi connectivity index (χ3v) is 7.08. The molecule has 2 unspecified atom stereocenters. The topological polar surface area (TPSA) is 75.7 Å². The average molecular weight is 330 g/mol. The van der Waals surface area contributed by atoms with Gasteiger partial charge in [-0.3, -0.25) is 0 Å². The molecule has 2 aliphatic heterocycles. The number of carbonyl (C=O) groups excluding carboxylic acids is 1. The van der Waals surface area contributed by atoms with E-state index in [1.807, 2.05) is 0 Å². The van der Waals surface area contributed by atoms with Crippen molar-refractivity contribution in [3.63, 3.8) is 0 Å². The molecule has 8 heteroatoms. The molecule has 1 N–H and O–H groups in total. The molecule has 0 aromatic carbocycles. The van der Waals surface area contributed by atoms with Crippen molar-refractivity contribution in [1.82, 2.24) is 9.62 Å². The van der Waals surface area contributed by atoms with Gasteiger partial charge < -0.3 is 10.1 Å². The molecule has 2 fully saturated rings. The number of nitrogens with zero attached hydrogens (tertiary/aromatic N) is 1. The van der Waals surface area contributed by atoms with Gasteiger partial charge in [0, 0.05) is 19.1 Å². The molecule has 21 heavy (non-hydrogen) atoms. The second kappa shape index (κ2) is 5.68. The van der Waals surface area contributed by atoms with Gasteiger partial charge in [-0.05, 0) is 36.8 Å². The van der Waals surface area contributed by atoms with Crippen molar-refractivity contribution in [2.45, 2.75) is 23.8 Å². The number of thiophene rings is 1. The highest BCUT2D eigenvalue weighted by molar-refractivity contribution is 7.89. The summed E-state index contributed by atoms with van der Waals surface area (Å²) in [5, 5.41) is 4.99. The van der Waals surface area contributed by atoms with Gasteiger partial charge in [0.15, 0.2) is 0 Å². The van der Waals surface area contributed by atoms with Crippen molar-refractivity contribution < 1.29 is 17.9 Å². The zero-order valence-corrected chi connectivity index (χ0v) is 13.4. The highest BCUT2D eigenvalue weighted by Crippen LogP contribution is 2.32. The first-order valence-electron chi connectivity index (χ1n) is 6.93. The van der Waals surface area contributed by atoms with Crippen LogP contribution >= 0.6 is 11.3 Å². The number of methoxy groups -OCH3 is 1. The quantitative estimate of drug-likeness (QED) is 0.834. The number of hydrogen-bond acceptors (Lipinski definition) is 6. The number of sulfonamides is 1. The molecule has 3 heterocycles. The third kappa shape index (κ3) is 2.61. The Hall–Kier alpha value is -0.960. The second-order valence-electron chi connectivity index (χ2n) is 5.39. The minimum atomic E-state index is -3.64. The Morgan fingerprint density at radius 1 is 1.48 bits per heavy atom. The molecule has 0 amide bonds. The number of hydrogen-bond donors (Lipinski definition) is 1. The fourth-order valence-corrected chi connectivity index (χ4v) is 5.92. The molecule has 1 aromatic heterocycles. The van der Waals surface area contributed by atoms with Gasteiger partial charge in [0.1, 0.15) is 9.77 Å². The minimum Gasteiger partial charge on any atom is -0.465 e. The molecule has 0 saturated carbocycles. The molecule has 0 bridgehead atoms. The van der Waals surface area contributed by atoms with Crippen LogP contribution in [0, 0.1) is 5.92 Å². The van der Waals surface area contributed by atoms with E-state index in [1.54, 1.807) is 5.38 Å². The molecule has 116 valence electrons. The lowest BCUT2D eigenvalue weighted by molar-refractivity contribution is 0.0602. The van der Waals surface area contributed by atoms with Gasteiger partial charge in [-0.1, -0.05) is 0 Å². The number of esters is 1. The Morgan fingerprint density at radius 3 is 3.00 bits per heavy atom. The highest BCUT2D eigenvalue weighted by Gasteiger charge is 2.41. The molecular weight excluding hydrogens is 312 g/mol. The number of piperidine rings is 1. The van der Waals surface area contributed by atoms with Gasteiger partial charge in [-0.2, -0.15) is 4.31 Å². The van der Waals surface area contributed by atoms with E-state index in [2.05, 4.69) is 10.1 Å². The van der Waals surface area contributed by atoms with E-state index in [0.717, 1.165) is 30.7 Å². The monoisotopic (exact) mass is 330 g/mol. The van der Waals surface area contributed by atoms with Crippen molar-refractivity contribution >= 4 is 27.3 Å². The fourth-order valence-electron chi connectivity index (χ4n) is 3.08. The van der Waals surface area contributed by atoms with Crippen LogP contribution in [0.25, 0.3) is 0 Å². The summed E-state index contributed by atoms with van der Waals surface area (Å²) in [6.45, 7) is 1.95. The summed E-state index contributed by atoms with van der Waals surface area (Å²) in [4.78, 5) is 11.9. The first-order valence-corrected chi connectivity index (χ1v) is 9.25. The van der Waals surface area contributed by atoms with Gasteiger partial charge in [0.25, 0.3) is 0 Å². The van der Waals surface area contributed by atoms with Crippen molar-refractivity contribution in [1.29, 1.82) is 0 Å². The lowest BCUT2D eigenvalue weighted by atomic mass is 9.94. The standard InChI is InChI=1S/C13H18N2O4S2/c1-19-13(16)12-11(4-6-20-12)21(17,18)15-7-9-3-2-5-14-10(9)8-15/h4,6,9-10,14H,2-3,5,7-8H2,1H3. The SMILES string of the molecule is COC(=O)c1sccc1S(=O)(=O)N1CC2CCCNC2C1. The van der Waals surface area contributed by atoms with Crippen LogP contribution in [0.5, 0.6) is 0 Å². The maximum absolute atomic E-state index is 12.8. The van der Waals surface area contributed by atoms with Crippen molar-refractivity contribution in [2.75, 3.05) is 26.7 Å². The van der Waals surface area contributed by atoms with E-state index in [9.17, 15) is 13.2 Å². The van der Waals surface area contributed by atoms with Crippen LogP contribution in [-0.4, -0.2) is 51.5 Å². The third-order valence-electron chi connectivity index (χ3n) is 4.18. The summed E-state index contributed by atoms with van der Waals surface area (Å²) in [6, 6.07) is 1.72. The Labute approximate surface area is 128 Å². The van der Waals surface area contributed by atoms with Gasteiger partial charge in [0.05, 0.1) is 7.11 Å². The Morgan fingerprint density at radius 2 is 2.29 bits per heavy atom. The second-order valence-corrected chi connectivity index (χ2v) is 8.21. The zero-order chi connectivity index (χ0) is 15.0. The number of ether oxygens (including phenoxy) is 1. The molecule has 6 nitrogen and oxygen atoms in total. The molecule has 2 saturated heterocycles. The molecule has 2 atom stereocenters. The van der Waals surface area contributed by atoms with E-state index in [1.165, 1.54) is 17.5 Å². The van der Waals surface area contributed by atoms with Crippen LogP contribution in [-0.2, 0) is 14.8 Å². The van der Waals surface area contributed by atoms with Crippen molar-refractivity contribution in [2.24, 2.45) is 5.92 Å². The van der Waals surface area contributed by atoms with E-state index in [-0.39, 0.29) is 15.8 Å². The molecule has 0 spiro atoms. The maximum atomic E-state index is 12.8. The zero-order valence-electron chi connectivity index (χ0n) is 11.7. The van der Waals surface area contributed by atoms with E-state index in [0.29, 0.717) is 19.0 Å². The summed E-state index contributed by atoms with van der Waals surface area (Å²) < 4.78 is 31.7. The van der Waals surface area contributed by atoms with Crippen LogP contribution in [0.15, 0.2) is 16.3 Å². The van der Waals surface area contributed by atoms with Gasteiger partial charge in [-0.25, -0.2) is 13.2 Å². The maximum Gasteiger partial charge on any atom is 0.349 e. The number of fused-ring (bicyclic) bond motifs is 1. The summed E-state index contributed by atoms with van der Waals surface area (Å²) >= 11 is 1.10. The largest absolute Gasteiger partial charge is 0.465 e. The lowest BCUT2D eigenvalue weighted by Gasteiger charge is -2.24. The smallest absolute Gasteiger partial charge is 0.349 e. The number of carbonyl (C=O) groups is 1. The predicted molar refractivity (Wildman–Crippen MR) is 78.9 cm³/mol. The minimum absolute atomic E-state index is 0.0676. The van der Waals surface area contributed by atoms with Gasteiger partial charge >= 0.3 is 5.97 Å². The van der Waals surface area contributed by atoms with Gasteiger partial charge in [0.2, 0.25) is 10.0 Å². The van der Waals surface area contributed by atoms with Crippen LogP contribution in [0.3, 0.4) is 0 Å². The van der Waals surface area contributed by atoms with Crippen LogP contribution in [0.4, 0.5) is 0 Å². The molecule has 1 aromatic rings. The van der Waals surface area contributed by atoms with Crippen LogP contribution < -0.4 is 5.32 Å². The molecule has 0 aliphatic carbocycles. The van der Waals surface area contributed by atoms with Gasteiger partial charge in [-0.15, -0.1) is 11.3 Å².